The summed E-state index contributed by atoms with van der Waals surface area (Å²) in [6.45, 7) is 8.09. The molecule has 1 aliphatic carbocycles. The Morgan fingerprint density at radius 1 is 1.30 bits per heavy atom. The molecule has 2 rings (SSSR count). The van der Waals surface area contributed by atoms with Gasteiger partial charge in [0.1, 0.15) is 0 Å². The summed E-state index contributed by atoms with van der Waals surface area (Å²) >= 11 is 0. The van der Waals surface area contributed by atoms with Gasteiger partial charge in [-0.25, -0.2) is 0 Å². The van der Waals surface area contributed by atoms with Crippen molar-refractivity contribution in [3.8, 4) is 0 Å². The first-order chi connectivity index (χ1) is 9.69. The van der Waals surface area contributed by atoms with Gasteiger partial charge in [0.2, 0.25) is 0 Å². The first kappa shape index (κ1) is 15.5. The van der Waals surface area contributed by atoms with Gasteiger partial charge in [-0.3, -0.25) is 4.90 Å². The summed E-state index contributed by atoms with van der Waals surface area (Å²) in [5, 5.41) is 0. The van der Waals surface area contributed by atoms with Crippen molar-refractivity contribution in [1.29, 1.82) is 0 Å². The third-order valence-electron chi connectivity index (χ3n) is 4.89. The first-order valence-electron chi connectivity index (χ1n) is 8.28. The zero-order valence-electron chi connectivity index (χ0n) is 13.3. The lowest BCUT2D eigenvalue weighted by molar-refractivity contribution is 0.106. The van der Waals surface area contributed by atoms with E-state index in [1.807, 2.05) is 0 Å². The van der Waals surface area contributed by atoms with Gasteiger partial charge >= 0.3 is 0 Å². The van der Waals surface area contributed by atoms with Gasteiger partial charge in [0.15, 0.2) is 0 Å². The van der Waals surface area contributed by atoms with Gasteiger partial charge in [-0.1, -0.05) is 44.5 Å². The molecule has 0 heterocycles. The number of aryl methyl sites for hydroxylation is 1. The van der Waals surface area contributed by atoms with E-state index in [2.05, 4.69) is 49.9 Å². The van der Waals surface area contributed by atoms with Gasteiger partial charge in [0.05, 0.1) is 0 Å². The Morgan fingerprint density at radius 2 is 2.05 bits per heavy atom. The van der Waals surface area contributed by atoms with Crippen molar-refractivity contribution in [1.82, 2.24) is 4.90 Å². The highest BCUT2D eigenvalue weighted by molar-refractivity contribution is 5.33. The molecule has 0 amide bonds. The number of fused-ring (bicyclic) bond motifs is 1. The summed E-state index contributed by atoms with van der Waals surface area (Å²) in [5.74, 6) is 0. The molecule has 0 bridgehead atoms. The maximum Gasteiger partial charge on any atom is 0.0456 e. The van der Waals surface area contributed by atoms with E-state index in [4.69, 9.17) is 5.73 Å². The lowest BCUT2D eigenvalue weighted by Crippen LogP contribution is -2.49. The van der Waals surface area contributed by atoms with Gasteiger partial charge in [-0.15, -0.1) is 0 Å². The maximum atomic E-state index is 6.61. The highest BCUT2D eigenvalue weighted by atomic mass is 15.2. The topological polar surface area (TPSA) is 29.3 Å². The number of rotatable bonds is 6. The molecule has 0 aromatic heterocycles. The van der Waals surface area contributed by atoms with Crippen LogP contribution in [0.1, 0.15) is 63.6 Å². The molecule has 0 aliphatic heterocycles. The fraction of sp³-hybridized carbons (Fsp3) is 0.667. The summed E-state index contributed by atoms with van der Waals surface area (Å²) in [6, 6.07) is 10.0. The van der Waals surface area contributed by atoms with Gasteiger partial charge < -0.3 is 5.73 Å². The molecule has 112 valence electrons. The Labute approximate surface area is 124 Å². The summed E-state index contributed by atoms with van der Waals surface area (Å²) in [6.07, 6.45) is 6.11. The number of benzene rings is 1. The predicted octanol–water partition coefficient (Wildman–Crippen LogP) is 3.90. The fourth-order valence-corrected chi connectivity index (χ4v) is 3.44. The van der Waals surface area contributed by atoms with E-state index in [9.17, 15) is 0 Å². The average molecular weight is 274 g/mol. The largest absolute Gasteiger partial charge is 0.323 e. The average Bonchev–Trinajstić information content (AvgIpc) is 2.49. The second kappa shape index (κ2) is 7.24. The van der Waals surface area contributed by atoms with E-state index in [0.717, 1.165) is 0 Å². The molecule has 2 heteroatoms. The highest BCUT2D eigenvalue weighted by Crippen LogP contribution is 2.32. The minimum Gasteiger partial charge on any atom is -0.323 e. The van der Waals surface area contributed by atoms with Crippen LogP contribution in [0.4, 0.5) is 0 Å². The molecular formula is C18H30N2. The van der Waals surface area contributed by atoms with E-state index >= 15 is 0 Å². The molecule has 1 aromatic rings. The van der Waals surface area contributed by atoms with Crippen molar-refractivity contribution in [2.45, 2.75) is 71.0 Å². The van der Waals surface area contributed by atoms with Gasteiger partial charge in [0.25, 0.3) is 0 Å². The van der Waals surface area contributed by atoms with E-state index in [-0.39, 0.29) is 6.04 Å². The quantitative estimate of drug-likeness (QED) is 0.852. The monoisotopic (exact) mass is 274 g/mol. The van der Waals surface area contributed by atoms with Crippen LogP contribution in [0.2, 0.25) is 0 Å². The molecule has 2 N–H and O–H groups in total. The smallest absolute Gasteiger partial charge is 0.0456 e. The van der Waals surface area contributed by atoms with Crippen molar-refractivity contribution in [2.24, 2.45) is 5.73 Å². The van der Waals surface area contributed by atoms with E-state index in [0.29, 0.717) is 12.1 Å². The van der Waals surface area contributed by atoms with Crippen molar-refractivity contribution in [3.63, 3.8) is 0 Å². The third-order valence-corrected chi connectivity index (χ3v) is 4.89. The number of hydrogen-bond donors (Lipinski definition) is 1. The molecule has 3 unspecified atom stereocenters. The Bertz CT molecular complexity index is 416. The number of hydrogen-bond acceptors (Lipinski definition) is 2. The van der Waals surface area contributed by atoms with Crippen molar-refractivity contribution >= 4 is 0 Å². The van der Waals surface area contributed by atoms with Crippen LogP contribution < -0.4 is 5.73 Å². The summed E-state index contributed by atoms with van der Waals surface area (Å²) in [4.78, 5) is 2.67. The third kappa shape index (κ3) is 3.24. The molecule has 0 radical (unpaired) electrons. The normalized spacial score (nSPS) is 23.6. The van der Waals surface area contributed by atoms with Gasteiger partial charge in [0, 0.05) is 18.1 Å². The standard InChI is InChI=1S/C18H30N2/c1-4-6-13-20(14(3)5-2)17-12-11-15-9-7-8-10-16(15)18(17)19/h7-10,14,17-18H,4-6,11-13,19H2,1-3H3. The predicted molar refractivity (Wildman–Crippen MR) is 86.8 cm³/mol. The summed E-state index contributed by atoms with van der Waals surface area (Å²) in [5.41, 5.74) is 9.44. The van der Waals surface area contributed by atoms with Crippen molar-refractivity contribution in [2.75, 3.05) is 6.54 Å². The molecule has 0 spiro atoms. The maximum absolute atomic E-state index is 6.61. The lowest BCUT2D eigenvalue weighted by Gasteiger charge is -2.42. The van der Waals surface area contributed by atoms with Gasteiger partial charge in [-0.05, 0) is 50.3 Å². The van der Waals surface area contributed by atoms with Crippen LogP contribution in [0.5, 0.6) is 0 Å². The van der Waals surface area contributed by atoms with Crippen LogP contribution in [0.25, 0.3) is 0 Å². The van der Waals surface area contributed by atoms with E-state index in [1.54, 1.807) is 0 Å². The minimum atomic E-state index is 0.172. The molecule has 0 fully saturated rings. The Kier molecular flexibility index (Phi) is 5.62. The zero-order chi connectivity index (χ0) is 14.5. The first-order valence-corrected chi connectivity index (χ1v) is 8.28. The fourth-order valence-electron chi connectivity index (χ4n) is 3.44. The molecule has 2 nitrogen and oxygen atoms in total. The molecule has 0 saturated heterocycles. The molecule has 20 heavy (non-hydrogen) atoms. The van der Waals surface area contributed by atoms with Crippen LogP contribution in [-0.2, 0) is 6.42 Å². The molecule has 1 aromatic carbocycles. The number of unbranched alkanes of at least 4 members (excludes halogenated alkanes) is 1. The van der Waals surface area contributed by atoms with E-state index in [1.165, 1.54) is 49.8 Å². The Hall–Kier alpha value is -0.860. The van der Waals surface area contributed by atoms with Crippen molar-refractivity contribution in [3.05, 3.63) is 35.4 Å². The molecular weight excluding hydrogens is 244 g/mol. The van der Waals surface area contributed by atoms with Crippen LogP contribution in [-0.4, -0.2) is 23.5 Å². The molecule has 1 aliphatic rings. The van der Waals surface area contributed by atoms with Crippen LogP contribution in [0, 0.1) is 0 Å². The Balaban J connectivity index is 2.18. The van der Waals surface area contributed by atoms with Crippen LogP contribution in [0.15, 0.2) is 24.3 Å². The van der Waals surface area contributed by atoms with E-state index < -0.39 is 0 Å². The Morgan fingerprint density at radius 3 is 2.75 bits per heavy atom. The molecule has 3 atom stereocenters. The number of nitrogens with two attached hydrogens (primary N) is 1. The van der Waals surface area contributed by atoms with Crippen molar-refractivity contribution < 1.29 is 0 Å². The highest BCUT2D eigenvalue weighted by Gasteiger charge is 2.32. The summed E-state index contributed by atoms with van der Waals surface area (Å²) < 4.78 is 0. The SMILES string of the molecule is CCCCN(C(C)CC)C1CCc2ccccc2C1N. The summed E-state index contributed by atoms with van der Waals surface area (Å²) in [7, 11) is 0. The van der Waals surface area contributed by atoms with Gasteiger partial charge in [-0.2, -0.15) is 0 Å². The second-order valence-electron chi connectivity index (χ2n) is 6.18. The minimum absolute atomic E-state index is 0.172. The second-order valence-corrected chi connectivity index (χ2v) is 6.18. The van der Waals surface area contributed by atoms with Crippen LogP contribution in [0.3, 0.4) is 0 Å². The molecule has 0 saturated carbocycles. The van der Waals surface area contributed by atoms with Crippen LogP contribution >= 0.6 is 0 Å². The number of nitrogens with zero attached hydrogens (tertiary/aromatic N) is 1. The lowest BCUT2D eigenvalue weighted by atomic mass is 9.83. The zero-order valence-corrected chi connectivity index (χ0v) is 13.3.